The number of anilines is 2. The minimum Gasteiger partial charge on any atom is -0.497 e. The van der Waals surface area contributed by atoms with Gasteiger partial charge in [0.15, 0.2) is 18.6 Å². The molecule has 254 valence electrons. The third kappa shape index (κ3) is 10.4. The van der Waals surface area contributed by atoms with Crippen molar-refractivity contribution in [1.82, 2.24) is 0 Å². The monoisotopic (exact) mass is 696 g/mol. The highest BCUT2D eigenvalue weighted by Gasteiger charge is 2.42. The third-order valence-electron chi connectivity index (χ3n) is 7.59. The Balaban J connectivity index is 1.65. The standard InChI is InChI=1S/C33H38N6O7S2/c1-3-9-31(47(40,41)42)32(48(43,44)45)17-18-33(39-21-8-7-12-29(39)25-35-36-27-10-5-4-6-11-27)38-22-19-26(20-23-38)24-34-37-28-13-15-30(46-2)16-14-28/h4-8,10-16,19-25,31-33H,3,9,17-18H2,1-2H3,(H2,40,41,42,43,44,45)/p+2. The fourth-order valence-electron chi connectivity index (χ4n) is 5.20. The van der Waals surface area contributed by atoms with E-state index in [1.807, 2.05) is 88.0 Å². The molecule has 4 aromatic rings. The molecule has 48 heavy (non-hydrogen) atoms. The second-order valence-electron chi connectivity index (χ2n) is 10.9. The molecule has 3 unspecified atom stereocenters. The maximum Gasteiger partial charge on any atom is 0.352 e. The summed E-state index contributed by atoms with van der Waals surface area (Å²) in [5.41, 5.74) is 8.90. The van der Waals surface area contributed by atoms with Crippen molar-refractivity contribution >= 4 is 44.0 Å². The number of hydrazone groups is 2. The van der Waals surface area contributed by atoms with Crippen molar-refractivity contribution in [3.8, 4) is 5.75 Å². The Morgan fingerprint density at radius 2 is 1.31 bits per heavy atom. The molecule has 4 rings (SSSR count). The number of nitrogens with zero attached hydrogens (tertiary/aromatic N) is 4. The number of aromatic nitrogens is 2. The molecule has 0 radical (unpaired) electrons. The first-order valence-corrected chi connectivity index (χ1v) is 18.2. The highest BCUT2D eigenvalue weighted by atomic mass is 32.2. The van der Waals surface area contributed by atoms with Crippen molar-refractivity contribution < 1.29 is 39.8 Å². The lowest BCUT2D eigenvalue weighted by molar-refractivity contribution is -0.945. The zero-order valence-corrected chi connectivity index (χ0v) is 28.2. The first kappa shape index (κ1) is 36.1. The molecule has 0 saturated heterocycles. The Morgan fingerprint density at radius 3 is 1.92 bits per heavy atom. The van der Waals surface area contributed by atoms with E-state index in [9.17, 15) is 25.9 Å². The van der Waals surface area contributed by atoms with Crippen molar-refractivity contribution in [2.75, 3.05) is 18.0 Å². The number of hydrogen-bond acceptors (Lipinski definition) is 9. The van der Waals surface area contributed by atoms with Gasteiger partial charge in [0.05, 0.1) is 31.1 Å². The van der Waals surface area contributed by atoms with E-state index in [1.54, 1.807) is 51.1 Å². The summed E-state index contributed by atoms with van der Waals surface area (Å²) in [6, 6.07) is 25.8. The highest BCUT2D eigenvalue weighted by molar-refractivity contribution is 7.90. The number of hydrogen-bond donors (Lipinski definition) is 4. The van der Waals surface area contributed by atoms with E-state index in [-0.39, 0.29) is 25.7 Å². The summed E-state index contributed by atoms with van der Waals surface area (Å²) in [5, 5.41) is 5.23. The van der Waals surface area contributed by atoms with E-state index in [2.05, 4.69) is 21.1 Å². The summed E-state index contributed by atoms with van der Waals surface area (Å²) < 4.78 is 78.4. The van der Waals surface area contributed by atoms with Gasteiger partial charge in [-0.05, 0) is 55.3 Å². The van der Waals surface area contributed by atoms with Gasteiger partial charge in [-0.25, -0.2) is 0 Å². The predicted molar refractivity (Wildman–Crippen MR) is 184 cm³/mol. The van der Waals surface area contributed by atoms with Gasteiger partial charge in [-0.2, -0.15) is 27.0 Å². The lowest BCUT2D eigenvalue weighted by atomic mass is 10.1. The van der Waals surface area contributed by atoms with E-state index < -0.39 is 36.9 Å². The van der Waals surface area contributed by atoms with Crippen LogP contribution in [0.5, 0.6) is 5.75 Å². The van der Waals surface area contributed by atoms with Crippen LogP contribution in [0.2, 0.25) is 0 Å². The molecule has 2 heterocycles. The van der Waals surface area contributed by atoms with Gasteiger partial charge in [0.1, 0.15) is 22.5 Å². The van der Waals surface area contributed by atoms with Crippen LogP contribution in [0.1, 0.15) is 50.0 Å². The van der Waals surface area contributed by atoms with Crippen LogP contribution < -0.4 is 24.7 Å². The van der Waals surface area contributed by atoms with Crippen LogP contribution in [0.25, 0.3) is 0 Å². The molecule has 13 nitrogen and oxygen atoms in total. The number of nitrogens with one attached hydrogen (secondary N) is 2. The van der Waals surface area contributed by atoms with E-state index in [0.717, 1.165) is 22.7 Å². The Kier molecular flexibility index (Phi) is 12.7. The SMILES string of the molecule is CCCC(C(CCC([n+]1ccc(C=NNc2ccc(OC)cc2)cc1)[n+]1ccccc1C=NNc1ccccc1)S(=O)(=O)O)S(=O)(=O)O. The zero-order valence-electron chi connectivity index (χ0n) is 26.6. The molecule has 4 N–H and O–H groups in total. The minimum atomic E-state index is -4.85. The van der Waals surface area contributed by atoms with E-state index >= 15 is 0 Å². The maximum atomic E-state index is 12.5. The maximum absolute atomic E-state index is 12.5. The van der Waals surface area contributed by atoms with Gasteiger partial charge < -0.3 is 4.74 Å². The van der Waals surface area contributed by atoms with E-state index in [0.29, 0.717) is 5.69 Å². The molecule has 3 atom stereocenters. The van der Waals surface area contributed by atoms with Gasteiger partial charge in [0.25, 0.3) is 20.2 Å². The fourth-order valence-corrected chi connectivity index (χ4v) is 8.05. The fraction of sp³-hybridized carbons (Fsp3) is 0.273. The molecule has 0 spiro atoms. The predicted octanol–water partition coefficient (Wildman–Crippen LogP) is 4.30. The third-order valence-corrected chi connectivity index (χ3v) is 10.4. The van der Waals surface area contributed by atoms with Crippen LogP contribution in [0.15, 0.2) is 114 Å². The largest absolute Gasteiger partial charge is 0.497 e. The molecule has 2 aromatic carbocycles. The van der Waals surface area contributed by atoms with Gasteiger partial charge in [-0.3, -0.25) is 20.0 Å². The molecule has 0 saturated carbocycles. The number of rotatable bonds is 17. The average molecular weight is 697 g/mol. The molecule has 0 bridgehead atoms. The quantitative estimate of drug-likeness (QED) is 0.0543. The van der Waals surface area contributed by atoms with Crippen molar-refractivity contribution in [3.05, 3.63) is 115 Å². The normalized spacial score (nSPS) is 14.1. The second kappa shape index (κ2) is 16.9. The topological polar surface area (TPSA) is 175 Å². The van der Waals surface area contributed by atoms with E-state index in [1.165, 1.54) is 0 Å². The zero-order chi connectivity index (χ0) is 34.6. The average Bonchev–Trinajstić information content (AvgIpc) is 3.07. The second-order valence-corrected chi connectivity index (χ2v) is 14.2. The molecular weight excluding hydrogens is 657 g/mol. The summed E-state index contributed by atoms with van der Waals surface area (Å²) in [6.07, 6.45) is 7.98. The van der Waals surface area contributed by atoms with Crippen molar-refractivity contribution in [1.29, 1.82) is 0 Å². The minimum absolute atomic E-state index is 0.0684. The van der Waals surface area contributed by atoms with Crippen molar-refractivity contribution in [2.24, 2.45) is 10.2 Å². The lowest BCUT2D eigenvalue weighted by Gasteiger charge is -2.22. The molecule has 0 aliphatic carbocycles. The lowest BCUT2D eigenvalue weighted by Crippen LogP contribution is -2.59. The number of para-hydroxylation sites is 1. The van der Waals surface area contributed by atoms with Gasteiger partial charge in [-0.1, -0.05) is 31.5 Å². The number of pyridine rings is 2. The summed E-state index contributed by atoms with van der Waals surface area (Å²) in [6.45, 7) is 1.67. The molecule has 0 amide bonds. The molecule has 0 aliphatic heterocycles. The van der Waals surface area contributed by atoms with Crippen LogP contribution in [-0.4, -0.2) is 56.0 Å². The van der Waals surface area contributed by atoms with Crippen molar-refractivity contribution in [3.63, 3.8) is 0 Å². The summed E-state index contributed by atoms with van der Waals surface area (Å²) in [4.78, 5) is 0. The Hall–Kier alpha value is -4.70. The first-order valence-electron chi connectivity index (χ1n) is 15.2. The molecule has 2 aromatic heterocycles. The van der Waals surface area contributed by atoms with E-state index in [4.69, 9.17) is 4.74 Å². The molecule has 0 fully saturated rings. The number of benzene rings is 2. The summed E-state index contributed by atoms with van der Waals surface area (Å²) in [5.74, 6) is 0.728. The Morgan fingerprint density at radius 1 is 0.729 bits per heavy atom. The van der Waals surface area contributed by atoms with Crippen LogP contribution in [0.3, 0.4) is 0 Å². The Bertz CT molecular complexity index is 1890. The van der Waals surface area contributed by atoms with Gasteiger partial charge in [0, 0.05) is 29.8 Å². The van der Waals surface area contributed by atoms with Crippen LogP contribution in [0.4, 0.5) is 11.4 Å². The smallest absolute Gasteiger partial charge is 0.352 e. The van der Waals surface area contributed by atoms with Crippen LogP contribution >= 0.6 is 0 Å². The number of methoxy groups -OCH3 is 1. The van der Waals surface area contributed by atoms with Gasteiger partial charge >= 0.3 is 6.17 Å². The van der Waals surface area contributed by atoms with Crippen molar-refractivity contribution in [2.45, 2.75) is 49.3 Å². The highest BCUT2D eigenvalue weighted by Crippen LogP contribution is 2.24. The molecule has 15 heteroatoms. The molecular formula is C33H40N6O7S2+2. The summed E-state index contributed by atoms with van der Waals surface area (Å²) in [7, 11) is -8.04. The van der Waals surface area contributed by atoms with Crippen LogP contribution in [0, 0.1) is 0 Å². The Labute approximate surface area is 281 Å². The number of ether oxygens (including phenoxy) is 1. The summed E-state index contributed by atoms with van der Waals surface area (Å²) >= 11 is 0. The first-order chi connectivity index (χ1) is 23.0. The molecule has 0 aliphatic rings. The van der Waals surface area contributed by atoms with Gasteiger partial charge in [-0.15, -0.1) is 9.13 Å². The van der Waals surface area contributed by atoms with Gasteiger partial charge in [0.2, 0.25) is 5.69 Å². The van der Waals surface area contributed by atoms with Crippen LogP contribution in [-0.2, 0) is 20.2 Å².